The number of nitrogens with one attached hydrogen (secondary N) is 2. The predicted octanol–water partition coefficient (Wildman–Crippen LogP) is 3.27. The third kappa shape index (κ3) is 4.15. The van der Waals surface area contributed by atoms with Gasteiger partial charge in [0.15, 0.2) is 0 Å². The molecule has 8 heteroatoms. The Balaban J connectivity index is 1.58. The molecule has 34 heavy (non-hydrogen) atoms. The molecule has 0 fully saturated rings. The third-order valence-corrected chi connectivity index (χ3v) is 6.17. The summed E-state index contributed by atoms with van der Waals surface area (Å²) in [6.45, 7) is 2.87. The van der Waals surface area contributed by atoms with E-state index in [2.05, 4.69) is 40.4 Å². The van der Waals surface area contributed by atoms with Crippen LogP contribution in [0.4, 0.5) is 11.6 Å². The number of allylic oxidation sites excluding steroid dienone is 2. The quantitative estimate of drug-likeness (QED) is 0.530. The van der Waals surface area contributed by atoms with Crippen LogP contribution in [0.3, 0.4) is 0 Å². The molecule has 2 atom stereocenters. The smallest absolute Gasteiger partial charge is 0.248 e. The molecule has 0 saturated heterocycles. The molecule has 4 N–H and O–H groups in total. The first-order valence-electron chi connectivity index (χ1n) is 11.4. The average molecular weight is 454 g/mol. The summed E-state index contributed by atoms with van der Waals surface area (Å²) in [7, 11) is 1.93. The predicted molar refractivity (Wildman–Crippen MR) is 135 cm³/mol. The molecule has 1 amide bonds. The van der Waals surface area contributed by atoms with Gasteiger partial charge in [-0.2, -0.15) is 0 Å². The van der Waals surface area contributed by atoms with E-state index in [1.165, 1.54) is 0 Å². The fourth-order valence-corrected chi connectivity index (χ4v) is 4.21. The maximum absolute atomic E-state index is 11.4. The van der Waals surface area contributed by atoms with Crippen LogP contribution in [-0.2, 0) is 6.42 Å². The van der Waals surface area contributed by atoms with Gasteiger partial charge in [0.1, 0.15) is 0 Å². The highest BCUT2D eigenvalue weighted by molar-refractivity contribution is 5.93. The van der Waals surface area contributed by atoms with Gasteiger partial charge in [-0.05, 0) is 48.9 Å². The van der Waals surface area contributed by atoms with Gasteiger partial charge in [-0.1, -0.05) is 25.1 Å². The van der Waals surface area contributed by atoms with Crippen molar-refractivity contribution in [3.05, 3.63) is 77.6 Å². The number of pyridine rings is 1. The number of hydrogen-bond acceptors (Lipinski definition) is 6. The van der Waals surface area contributed by atoms with E-state index >= 15 is 0 Å². The fraction of sp³-hybridized carbons (Fsp3) is 0.231. The second kappa shape index (κ2) is 9.07. The number of benzene rings is 1. The summed E-state index contributed by atoms with van der Waals surface area (Å²) < 4.78 is 0. The first-order chi connectivity index (χ1) is 16.5. The number of carbonyl (C=O) groups excluding carboxylic acids is 1. The van der Waals surface area contributed by atoms with E-state index in [0.717, 1.165) is 47.0 Å². The molecular weight excluding hydrogens is 426 g/mol. The van der Waals surface area contributed by atoms with E-state index in [4.69, 9.17) is 15.7 Å². The zero-order chi connectivity index (χ0) is 23.7. The number of nitrogens with zero attached hydrogens (tertiary/aromatic N) is 4. The van der Waals surface area contributed by atoms with Gasteiger partial charge in [0, 0.05) is 42.3 Å². The Labute approximate surface area is 198 Å². The van der Waals surface area contributed by atoms with E-state index in [0.29, 0.717) is 11.5 Å². The van der Waals surface area contributed by atoms with Crippen LogP contribution >= 0.6 is 0 Å². The standard InChI is InChI=1S/C26H27N7O/c1-3-18-5-4-6-21(30-18)24-23(17-9-12-20-22(15-17)29-14-13-28-20)31-26(32-24)33(2)19-10-7-16(8-11-19)25(27)34/h4-12,14-15,20,22,28H,3,13H2,1-2H3,(H2,27,34)(H,31,32). The zero-order valence-electron chi connectivity index (χ0n) is 19.2. The van der Waals surface area contributed by atoms with Crippen molar-refractivity contribution in [3.8, 4) is 11.4 Å². The number of fused-ring (bicyclic) bond motifs is 1. The molecule has 3 aromatic rings. The van der Waals surface area contributed by atoms with Gasteiger partial charge >= 0.3 is 0 Å². The van der Waals surface area contributed by atoms with Crippen molar-refractivity contribution in [1.82, 2.24) is 20.3 Å². The molecule has 2 aliphatic rings. The Kier molecular flexibility index (Phi) is 5.81. The first kappa shape index (κ1) is 21.8. The Morgan fingerprint density at radius 3 is 2.76 bits per heavy atom. The van der Waals surface area contributed by atoms with Gasteiger partial charge in [-0.3, -0.25) is 14.8 Å². The number of aromatic nitrogens is 3. The lowest BCUT2D eigenvalue weighted by Crippen LogP contribution is -2.42. The summed E-state index contributed by atoms with van der Waals surface area (Å²) in [6.07, 6.45) is 9.17. The Hall–Kier alpha value is -4.04. The van der Waals surface area contributed by atoms with Crippen molar-refractivity contribution in [2.24, 2.45) is 10.7 Å². The number of amides is 1. The fourth-order valence-electron chi connectivity index (χ4n) is 4.21. The molecule has 0 radical (unpaired) electrons. The largest absolute Gasteiger partial charge is 0.366 e. The minimum absolute atomic E-state index is 0.0377. The summed E-state index contributed by atoms with van der Waals surface area (Å²) in [5.74, 6) is 0.218. The monoisotopic (exact) mass is 453 g/mol. The van der Waals surface area contributed by atoms with E-state index in [9.17, 15) is 4.79 Å². The maximum atomic E-state index is 11.4. The SMILES string of the molecule is CCc1cccc(-c2[nH]c(N(C)c3ccc(C(N)=O)cc3)nc2C2=CC3N=CCNC3C=C2)n1. The van der Waals surface area contributed by atoms with Crippen molar-refractivity contribution < 1.29 is 4.79 Å². The Morgan fingerprint density at radius 2 is 2.00 bits per heavy atom. The molecule has 1 aliphatic carbocycles. The van der Waals surface area contributed by atoms with Crippen LogP contribution in [0.15, 0.2) is 65.7 Å². The van der Waals surface area contributed by atoms with Crippen molar-refractivity contribution >= 4 is 29.3 Å². The average Bonchev–Trinajstić information content (AvgIpc) is 3.33. The number of nitrogens with two attached hydrogens (primary N) is 1. The number of anilines is 2. The number of aliphatic imine (C=N–C) groups is 1. The lowest BCUT2D eigenvalue weighted by molar-refractivity contribution is 0.100. The molecule has 8 nitrogen and oxygen atoms in total. The summed E-state index contributed by atoms with van der Waals surface area (Å²) >= 11 is 0. The van der Waals surface area contributed by atoms with Crippen LogP contribution in [-0.4, -0.2) is 52.7 Å². The number of H-pyrrole nitrogens is 1. The number of rotatable bonds is 6. The number of aryl methyl sites for hydroxylation is 1. The molecule has 0 spiro atoms. The van der Waals surface area contributed by atoms with Crippen LogP contribution in [0.5, 0.6) is 0 Å². The number of imidazole rings is 1. The molecule has 2 unspecified atom stereocenters. The summed E-state index contributed by atoms with van der Waals surface area (Å²) in [6, 6.07) is 13.4. The normalized spacial score (nSPS) is 18.9. The molecule has 2 aromatic heterocycles. The number of carbonyl (C=O) groups is 1. The van der Waals surface area contributed by atoms with E-state index in [1.807, 2.05) is 48.5 Å². The van der Waals surface area contributed by atoms with Gasteiger partial charge in [-0.15, -0.1) is 0 Å². The number of hydrogen-bond donors (Lipinski definition) is 3. The minimum Gasteiger partial charge on any atom is -0.366 e. The molecule has 3 heterocycles. The molecule has 5 rings (SSSR count). The topological polar surface area (TPSA) is 112 Å². The molecular formula is C26H27N7O. The zero-order valence-corrected chi connectivity index (χ0v) is 19.2. The molecule has 0 bridgehead atoms. The van der Waals surface area contributed by atoms with Crippen molar-refractivity contribution in [1.29, 1.82) is 0 Å². The summed E-state index contributed by atoms with van der Waals surface area (Å²) in [5, 5.41) is 3.45. The van der Waals surface area contributed by atoms with E-state index in [1.54, 1.807) is 12.1 Å². The third-order valence-electron chi connectivity index (χ3n) is 6.17. The number of aromatic amines is 1. The highest BCUT2D eigenvalue weighted by Gasteiger charge is 2.25. The molecule has 172 valence electrons. The molecule has 1 aliphatic heterocycles. The lowest BCUT2D eigenvalue weighted by Gasteiger charge is -2.26. The lowest BCUT2D eigenvalue weighted by atomic mass is 9.94. The molecule has 1 aromatic carbocycles. The second-order valence-electron chi connectivity index (χ2n) is 8.36. The van der Waals surface area contributed by atoms with Crippen molar-refractivity contribution in [2.45, 2.75) is 25.4 Å². The van der Waals surface area contributed by atoms with E-state index in [-0.39, 0.29) is 12.1 Å². The van der Waals surface area contributed by atoms with Crippen LogP contribution in [0, 0.1) is 0 Å². The van der Waals surface area contributed by atoms with E-state index < -0.39 is 5.91 Å². The maximum Gasteiger partial charge on any atom is 0.248 e. The molecule has 0 saturated carbocycles. The van der Waals surface area contributed by atoms with Gasteiger partial charge in [0.2, 0.25) is 11.9 Å². The van der Waals surface area contributed by atoms with Crippen LogP contribution < -0.4 is 16.0 Å². The van der Waals surface area contributed by atoms with Crippen molar-refractivity contribution in [3.63, 3.8) is 0 Å². The van der Waals surface area contributed by atoms with Crippen LogP contribution in [0.1, 0.15) is 28.7 Å². The Bertz CT molecular complexity index is 1300. The highest BCUT2D eigenvalue weighted by Crippen LogP contribution is 2.33. The van der Waals surface area contributed by atoms with Gasteiger partial charge in [0.25, 0.3) is 0 Å². The van der Waals surface area contributed by atoms with Crippen LogP contribution in [0.2, 0.25) is 0 Å². The first-order valence-corrected chi connectivity index (χ1v) is 11.4. The highest BCUT2D eigenvalue weighted by atomic mass is 16.1. The minimum atomic E-state index is -0.451. The van der Waals surface area contributed by atoms with Gasteiger partial charge < -0.3 is 20.9 Å². The summed E-state index contributed by atoms with van der Waals surface area (Å²) in [5.41, 5.74) is 11.3. The van der Waals surface area contributed by atoms with Gasteiger partial charge in [0.05, 0.1) is 29.2 Å². The number of primary amides is 1. The van der Waals surface area contributed by atoms with Crippen LogP contribution in [0.25, 0.3) is 17.0 Å². The van der Waals surface area contributed by atoms with Crippen molar-refractivity contribution in [2.75, 3.05) is 18.5 Å². The van der Waals surface area contributed by atoms with Gasteiger partial charge in [-0.25, -0.2) is 4.98 Å². The Morgan fingerprint density at radius 1 is 1.18 bits per heavy atom. The second-order valence-corrected chi connectivity index (χ2v) is 8.36. The summed E-state index contributed by atoms with van der Waals surface area (Å²) in [4.78, 5) is 31.3.